The van der Waals surface area contributed by atoms with Crippen LogP contribution < -0.4 is 0 Å². The van der Waals surface area contributed by atoms with Crippen LogP contribution in [0.4, 0.5) is 0 Å². The first-order valence-electron chi connectivity index (χ1n) is 10.2. The number of hydrogen-bond acceptors (Lipinski definition) is 1. The van der Waals surface area contributed by atoms with Crippen molar-refractivity contribution in [2.45, 2.75) is 25.7 Å². The van der Waals surface area contributed by atoms with Gasteiger partial charge in [-0.1, -0.05) is 54.6 Å². The number of fused-ring (bicyclic) bond motifs is 6. The average molecular weight is 374 g/mol. The first-order valence-corrected chi connectivity index (χ1v) is 10.2. The summed E-state index contributed by atoms with van der Waals surface area (Å²) in [5.41, 5.74) is 4.91. The molecule has 2 heterocycles. The van der Waals surface area contributed by atoms with E-state index in [-0.39, 0.29) is 0 Å². The van der Waals surface area contributed by atoms with Gasteiger partial charge in [0.15, 0.2) is 0 Å². The van der Waals surface area contributed by atoms with E-state index in [9.17, 15) is 0 Å². The van der Waals surface area contributed by atoms with Crippen molar-refractivity contribution < 1.29 is 0 Å². The topological polar surface area (TPSA) is 28.2 Å². The van der Waals surface area contributed by atoms with Gasteiger partial charge in [0, 0.05) is 11.7 Å². The standard InChI is InChI=1S/C18H16.C9H6N2/c1-3-7-15-13(5-1)9-11-18-16-8-4-2-6-14(16)10-12-17(15)18;10-7-9-5-4-8-3-1-2-6-11(8)9/h1,3,5,7,9-12H,2,4,6,8H2;1-6H. The first kappa shape index (κ1) is 17.5. The minimum Gasteiger partial charge on any atom is -0.308 e. The van der Waals surface area contributed by atoms with Crippen molar-refractivity contribution in [1.82, 2.24) is 4.40 Å². The number of hydrogen-bond donors (Lipinski definition) is 0. The summed E-state index contributed by atoms with van der Waals surface area (Å²) in [6, 6.07) is 29.7. The Morgan fingerprint density at radius 2 is 1.52 bits per heavy atom. The van der Waals surface area contributed by atoms with E-state index in [1.165, 1.54) is 47.2 Å². The van der Waals surface area contributed by atoms with Crippen LogP contribution in [0.15, 0.2) is 85.1 Å². The summed E-state index contributed by atoms with van der Waals surface area (Å²) < 4.78 is 1.86. The van der Waals surface area contributed by atoms with Crippen molar-refractivity contribution in [3.8, 4) is 6.07 Å². The van der Waals surface area contributed by atoms with Gasteiger partial charge in [-0.15, -0.1) is 0 Å². The molecule has 0 radical (unpaired) electrons. The van der Waals surface area contributed by atoms with Crippen molar-refractivity contribution in [1.29, 1.82) is 5.26 Å². The van der Waals surface area contributed by atoms with Crippen LogP contribution in [-0.2, 0) is 12.8 Å². The Morgan fingerprint density at radius 3 is 2.45 bits per heavy atom. The SMILES string of the molecule is N#Cc1ccc2ccccn12.c1ccc2c(c1)ccc1c3c(ccc12)CCCC3. The molecular formula is C27H22N2. The van der Waals surface area contributed by atoms with Gasteiger partial charge in [-0.05, 0) is 82.6 Å². The van der Waals surface area contributed by atoms with Crippen LogP contribution in [0.25, 0.3) is 27.1 Å². The van der Waals surface area contributed by atoms with E-state index in [4.69, 9.17) is 5.26 Å². The Balaban J connectivity index is 0.000000142. The van der Waals surface area contributed by atoms with Crippen LogP contribution in [0.2, 0.25) is 0 Å². The Bertz CT molecular complexity index is 1370. The molecule has 0 saturated carbocycles. The molecule has 0 N–H and O–H groups in total. The summed E-state index contributed by atoms with van der Waals surface area (Å²) in [5, 5.41) is 14.3. The number of aromatic nitrogens is 1. The smallest absolute Gasteiger partial charge is 0.124 e. The summed E-state index contributed by atoms with van der Waals surface area (Å²) in [5.74, 6) is 0. The number of aryl methyl sites for hydroxylation is 2. The van der Waals surface area contributed by atoms with Crippen molar-refractivity contribution in [2.75, 3.05) is 0 Å². The van der Waals surface area contributed by atoms with Crippen LogP contribution in [0, 0.1) is 11.3 Å². The molecule has 2 nitrogen and oxygen atoms in total. The minimum atomic E-state index is 0.681. The molecule has 0 amide bonds. The largest absolute Gasteiger partial charge is 0.308 e. The van der Waals surface area contributed by atoms with Gasteiger partial charge in [-0.25, -0.2) is 0 Å². The number of rotatable bonds is 0. The number of benzene rings is 3. The molecule has 2 heteroatoms. The van der Waals surface area contributed by atoms with Crippen LogP contribution >= 0.6 is 0 Å². The molecule has 6 rings (SSSR count). The maximum atomic E-state index is 8.65. The maximum Gasteiger partial charge on any atom is 0.124 e. The second-order valence-corrected chi connectivity index (χ2v) is 7.62. The van der Waals surface area contributed by atoms with Gasteiger partial charge < -0.3 is 4.40 Å². The second kappa shape index (κ2) is 7.45. The Kier molecular flexibility index (Phi) is 4.50. The lowest BCUT2D eigenvalue weighted by Crippen LogP contribution is -2.02. The minimum absolute atomic E-state index is 0.681. The number of nitrogens with zero attached hydrogens (tertiary/aromatic N) is 2. The summed E-state index contributed by atoms with van der Waals surface area (Å²) in [6.07, 6.45) is 7.10. The van der Waals surface area contributed by atoms with Crippen molar-refractivity contribution in [2.24, 2.45) is 0 Å². The molecule has 1 aliphatic rings. The third-order valence-corrected chi connectivity index (χ3v) is 5.93. The predicted octanol–water partition coefficient (Wildman–Crippen LogP) is 6.68. The van der Waals surface area contributed by atoms with Crippen LogP contribution in [-0.4, -0.2) is 4.40 Å². The highest BCUT2D eigenvalue weighted by Crippen LogP contribution is 2.33. The lowest BCUT2D eigenvalue weighted by Gasteiger charge is -2.18. The Morgan fingerprint density at radius 1 is 0.690 bits per heavy atom. The van der Waals surface area contributed by atoms with Gasteiger partial charge in [-0.2, -0.15) is 5.26 Å². The molecule has 0 bridgehead atoms. The molecule has 29 heavy (non-hydrogen) atoms. The summed E-state index contributed by atoms with van der Waals surface area (Å²) >= 11 is 0. The zero-order chi connectivity index (χ0) is 19.6. The van der Waals surface area contributed by atoms with Crippen LogP contribution in [0.5, 0.6) is 0 Å². The molecule has 1 aliphatic carbocycles. The molecule has 0 fully saturated rings. The predicted molar refractivity (Wildman–Crippen MR) is 120 cm³/mol. The van der Waals surface area contributed by atoms with Crippen LogP contribution in [0.1, 0.15) is 29.7 Å². The maximum absolute atomic E-state index is 8.65. The van der Waals surface area contributed by atoms with Crippen molar-refractivity contribution in [3.05, 3.63) is 102 Å². The fraction of sp³-hybridized carbons (Fsp3) is 0.148. The van der Waals surface area contributed by atoms with Gasteiger partial charge in [0.2, 0.25) is 0 Å². The molecule has 3 aromatic carbocycles. The number of pyridine rings is 1. The summed E-state index contributed by atoms with van der Waals surface area (Å²) in [7, 11) is 0. The van der Waals surface area contributed by atoms with Crippen molar-refractivity contribution >= 4 is 27.1 Å². The van der Waals surface area contributed by atoms with E-state index in [2.05, 4.69) is 54.6 Å². The molecule has 0 atom stereocenters. The van der Waals surface area contributed by atoms with Crippen LogP contribution in [0.3, 0.4) is 0 Å². The molecule has 2 aromatic heterocycles. The van der Waals surface area contributed by atoms with Gasteiger partial charge in [0.05, 0.1) is 0 Å². The van der Waals surface area contributed by atoms with E-state index in [0.717, 1.165) is 5.52 Å². The second-order valence-electron chi connectivity index (χ2n) is 7.62. The van der Waals surface area contributed by atoms with E-state index in [1.54, 1.807) is 11.1 Å². The van der Waals surface area contributed by atoms with E-state index in [1.807, 2.05) is 40.9 Å². The third-order valence-electron chi connectivity index (χ3n) is 5.93. The molecule has 5 aromatic rings. The van der Waals surface area contributed by atoms with Gasteiger partial charge >= 0.3 is 0 Å². The normalized spacial score (nSPS) is 12.9. The third kappa shape index (κ3) is 3.15. The lowest BCUT2D eigenvalue weighted by atomic mass is 9.86. The van der Waals surface area contributed by atoms with Gasteiger partial charge in [-0.3, -0.25) is 0 Å². The summed E-state index contributed by atoms with van der Waals surface area (Å²) in [4.78, 5) is 0. The summed E-state index contributed by atoms with van der Waals surface area (Å²) in [6.45, 7) is 0. The van der Waals surface area contributed by atoms with Gasteiger partial charge in [0.1, 0.15) is 11.8 Å². The fourth-order valence-electron chi connectivity index (χ4n) is 4.49. The Labute approximate surface area is 170 Å². The monoisotopic (exact) mass is 374 g/mol. The molecule has 0 aliphatic heterocycles. The zero-order valence-electron chi connectivity index (χ0n) is 16.3. The van der Waals surface area contributed by atoms with E-state index >= 15 is 0 Å². The van der Waals surface area contributed by atoms with Gasteiger partial charge in [0.25, 0.3) is 0 Å². The highest BCUT2D eigenvalue weighted by atomic mass is 14.9. The zero-order valence-corrected chi connectivity index (χ0v) is 16.3. The highest BCUT2D eigenvalue weighted by Gasteiger charge is 2.13. The molecular weight excluding hydrogens is 352 g/mol. The highest BCUT2D eigenvalue weighted by molar-refractivity contribution is 6.08. The first-order chi connectivity index (χ1) is 14.3. The average Bonchev–Trinajstić information content (AvgIpc) is 3.22. The Hall–Kier alpha value is -3.57. The van der Waals surface area contributed by atoms with Crippen molar-refractivity contribution in [3.63, 3.8) is 0 Å². The molecule has 140 valence electrons. The lowest BCUT2D eigenvalue weighted by molar-refractivity contribution is 0.690. The van der Waals surface area contributed by atoms with E-state index < -0.39 is 0 Å². The van der Waals surface area contributed by atoms with E-state index in [0.29, 0.717) is 5.69 Å². The molecule has 0 saturated heterocycles. The number of nitriles is 1. The molecule has 0 spiro atoms. The fourth-order valence-corrected chi connectivity index (χ4v) is 4.49. The quantitative estimate of drug-likeness (QED) is 0.278. The molecule has 0 unspecified atom stereocenters.